The molecule has 4 aliphatic carbocycles. The molecule has 2 aromatic carbocycles. The highest BCUT2D eigenvalue weighted by Gasteiger charge is 2.52. The topological polar surface area (TPSA) is 51.1 Å². The number of Topliss-reactive ketones (excluding diaryl/α,β-unsaturated/α-hetero) is 1. The lowest BCUT2D eigenvalue weighted by Gasteiger charge is -2.56. The summed E-state index contributed by atoms with van der Waals surface area (Å²) in [5.74, 6) is 1.39. The van der Waals surface area contributed by atoms with Gasteiger partial charge in [0, 0.05) is 29.2 Å². The highest BCUT2D eigenvalue weighted by molar-refractivity contribution is 6.45. The predicted octanol–water partition coefficient (Wildman–Crippen LogP) is 6.77. The molecule has 1 amide bonds. The van der Waals surface area contributed by atoms with E-state index in [9.17, 15) is 9.59 Å². The Morgan fingerprint density at radius 3 is 2.26 bits per heavy atom. The van der Waals surface area contributed by atoms with Gasteiger partial charge in [-0.2, -0.15) is 0 Å². The van der Waals surface area contributed by atoms with Crippen molar-refractivity contribution in [2.75, 3.05) is 0 Å². The van der Waals surface area contributed by atoms with Gasteiger partial charge in [0.25, 0.3) is 11.7 Å². The largest absolute Gasteiger partial charge is 0.347 e. The highest BCUT2D eigenvalue weighted by atomic mass is 16.2. The Morgan fingerprint density at radius 1 is 0.914 bits per heavy atom. The molecule has 35 heavy (non-hydrogen) atoms. The molecule has 3 aromatic rings. The number of rotatable bonds is 8. The molecule has 1 heterocycles. The average Bonchev–Trinajstić information content (AvgIpc) is 3.21. The summed E-state index contributed by atoms with van der Waals surface area (Å²) in [6.07, 6.45) is 12.4. The van der Waals surface area contributed by atoms with Crippen molar-refractivity contribution in [3.63, 3.8) is 0 Å². The normalized spacial score (nSPS) is 26.8. The SMILES string of the molecule is CCCCCn1cc(C(=O)C(=O)NC23CC4CC(CC(C4)C2)C3)c2cc(-c3ccccc3)ccc21. The third-order valence-corrected chi connectivity index (χ3v) is 8.86. The van der Waals surface area contributed by atoms with Crippen molar-refractivity contribution in [3.05, 3.63) is 60.3 Å². The first-order valence-electron chi connectivity index (χ1n) is 13.6. The maximum atomic E-state index is 13.6. The standard InChI is InChI=1S/C31H36N2O2/c1-2-3-7-12-33-20-27(26-16-25(10-11-28(26)33)24-8-5-4-6-9-24)29(34)30(35)32-31-17-21-13-22(18-31)15-23(14-21)19-31/h4-6,8-11,16,20-23H,2-3,7,12-15,17-19H2,1H3,(H,32,35). The number of carbonyl (C=O) groups excluding carboxylic acids is 2. The molecule has 0 saturated heterocycles. The predicted molar refractivity (Wildman–Crippen MR) is 140 cm³/mol. The number of nitrogens with one attached hydrogen (secondary N) is 1. The molecule has 0 spiro atoms. The van der Waals surface area contributed by atoms with E-state index in [0.717, 1.165) is 84.9 Å². The summed E-state index contributed by atoms with van der Waals surface area (Å²) in [5, 5.41) is 4.18. The molecule has 1 N–H and O–H groups in total. The second-order valence-corrected chi connectivity index (χ2v) is 11.5. The monoisotopic (exact) mass is 468 g/mol. The number of fused-ring (bicyclic) bond motifs is 1. The number of aromatic nitrogens is 1. The number of benzene rings is 2. The van der Waals surface area contributed by atoms with Crippen molar-refractivity contribution in [1.29, 1.82) is 0 Å². The summed E-state index contributed by atoms with van der Waals surface area (Å²) < 4.78 is 2.17. The van der Waals surface area contributed by atoms with Gasteiger partial charge in [0.2, 0.25) is 0 Å². The first kappa shape index (κ1) is 22.6. The van der Waals surface area contributed by atoms with E-state index in [1.54, 1.807) is 0 Å². The number of hydrogen-bond acceptors (Lipinski definition) is 2. The van der Waals surface area contributed by atoms with Gasteiger partial charge in [-0.25, -0.2) is 0 Å². The minimum absolute atomic E-state index is 0.157. The van der Waals surface area contributed by atoms with Crippen LogP contribution in [0.2, 0.25) is 0 Å². The van der Waals surface area contributed by atoms with Crippen LogP contribution in [-0.4, -0.2) is 21.8 Å². The Bertz CT molecular complexity index is 1220. The van der Waals surface area contributed by atoms with E-state index in [-0.39, 0.29) is 11.3 Å². The van der Waals surface area contributed by atoms with Crippen molar-refractivity contribution in [2.45, 2.75) is 76.8 Å². The van der Waals surface area contributed by atoms with E-state index in [2.05, 4.69) is 47.1 Å². The van der Waals surface area contributed by atoms with Gasteiger partial charge in [-0.05, 0) is 86.0 Å². The van der Waals surface area contributed by atoms with Gasteiger partial charge < -0.3 is 9.88 Å². The van der Waals surface area contributed by atoms with Crippen molar-refractivity contribution < 1.29 is 9.59 Å². The number of hydrogen-bond donors (Lipinski definition) is 1. The lowest BCUT2D eigenvalue weighted by Crippen LogP contribution is -2.60. The lowest BCUT2D eigenvalue weighted by molar-refractivity contribution is -0.122. The quantitative estimate of drug-likeness (QED) is 0.225. The molecule has 7 rings (SSSR count). The zero-order valence-corrected chi connectivity index (χ0v) is 20.8. The van der Waals surface area contributed by atoms with Gasteiger partial charge in [-0.1, -0.05) is 56.2 Å². The van der Waals surface area contributed by atoms with Crippen LogP contribution in [0.3, 0.4) is 0 Å². The first-order chi connectivity index (χ1) is 17.0. The Labute approximate surface area is 208 Å². The molecule has 0 aliphatic heterocycles. The summed E-state index contributed by atoms with van der Waals surface area (Å²) in [6.45, 7) is 3.06. The van der Waals surface area contributed by atoms with Gasteiger partial charge in [0.1, 0.15) is 0 Å². The molecule has 4 nitrogen and oxygen atoms in total. The number of carbonyl (C=O) groups is 2. The molecule has 1 aromatic heterocycles. The number of unbranched alkanes of at least 4 members (excludes halogenated alkanes) is 2. The Morgan fingerprint density at radius 2 is 1.60 bits per heavy atom. The van der Waals surface area contributed by atoms with Crippen LogP contribution in [0.15, 0.2) is 54.7 Å². The molecule has 182 valence electrons. The van der Waals surface area contributed by atoms with Crippen molar-refractivity contribution in [3.8, 4) is 11.1 Å². The van der Waals surface area contributed by atoms with Crippen LogP contribution in [-0.2, 0) is 11.3 Å². The second kappa shape index (κ2) is 8.96. The van der Waals surface area contributed by atoms with E-state index < -0.39 is 5.91 Å². The Balaban J connectivity index is 1.32. The lowest BCUT2D eigenvalue weighted by atomic mass is 9.53. The Hall–Kier alpha value is -2.88. The van der Waals surface area contributed by atoms with Crippen molar-refractivity contribution in [1.82, 2.24) is 9.88 Å². The summed E-state index contributed by atoms with van der Waals surface area (Å²) >= 11 is 0. The maximum absolute atomic E-state index is 13.6. The molecule has 4 saturated carbocycles. The fourth-order valence-electron chi connectivity index (χ4n) is 7.69. The third-order valence-electron chi connectivity index (χ3n) is 8.86. The van der Waals surface area contributed by atoms with Crippen molar-refractivity contribution >= 4 is 22.6 Å². The minimum atomic E-state index is -0.412. The fourth-order valence-corrected chi connectivity index (χ4v) is 7.69. The number of nitrogens with zero attached hydrogens (tertiary/aromatic N) is 1. The van der Waals surface area contributed by atoms with E-state index in [1.807, 2.05) is 24.4 Å². The maximum Gasteiger partial charge on any atom is 0.292 e. The number of ketones is 1. The van der Waals surface area contributed by atoms with Gasteiger partial charge in [-0.3, -0.25) is 9.59 Å². The van der Waals surface area contributed by atoms with E-state index >= 15 is 0 Å². The minimum Gasteiger partial charge on any atom is -0.347 e. The average molecular weight is 469 g/mol. The van der Waals surface area contributed by atoms with Gasteiger partial charge in [0.15, 0.2) is 0 Å². The third kappa shape index (κ3) is 4.22. The Kier molecular flexibility index (Phi) is 5.78. The van der Waals surface area contributed by atoms with Crippen LogP contribution in [0.1, 0.15) is 75.1 Å². The second-order valence-electron chi connectivity index (χ2n) is 11.5. The van der Waals surface area contributed by atoms with Gasteiger partial charge >= 0.3 is 0 Å². The first-order valence-corrected chi connectivity index (χ1v) is 13.6. The van der Waals surface area contributed by atoms with Crippen LogP contribution in [0.25, 0.3) is 22.0 Å². The van der Waals surface area contributed by atoms with Crippen LogP contribution >= 0.6 is 0 Å². The molecular weight excluding hydrogens is 432 g/mol. The highest BCUT2D eigenvalue weighted by Crippen LogP contribution is 2.55. The molecule has 4 fully saturated rings. The smallest absolute Gasteiger partial charge is 0.292 e. The van der Waals surface area contributed by atoms with Crippen LogP contribution in [0, 0.1) is 17.8 Å². The zero-order valence-electron chi connectivity index (χ0n) is 20.8. The summed E-state index contributed by atoms with van der Waals surface area (Å²) in [5.41, 5.74) is 3.60. The van der Waals surface area contributed by atoms with Crippen molar-refractivity contribution in [2.24, 2.45) is 17.8 Å². The summed E-state index contributed by atoms with van der Waals surface area (Å²) in [6, 6.07) is 16.6. The zero-order chi connectivity index (χ0) is 24.0. The fraction of sp³-hybridized carbons (Fsp3) is 0.484. The number of aryl methyl sites for hydroxylation is 1. The number of amides is 1. The van der Waals surface area contributed by atoms with Gasteiger partial charge in [0.05, 0.1) is 5.56 Å². The molecule has 4 bridgehead atoms. The molecule has 4 aliphatic rings. The molecule has 0 unspecified atom stereocenters. The summed E-state index contributed by atoms with van der Waals surface area (Å²) in [4.78, 5) is 27.1. The van der Waals surface area contributed by atoms with E-state index in [0.29, 0.717) is 5.56 Å². The van der Waals surface area contributed by atoms with E-state index in [1.165, 1.54) is 19.3 Å². The molecule has 0 atom stereocenters. The van der Waals surface area contributed by atoms with E-state index in [4.69, 9.17) is 0 Å². The molecular formula is C31H36N2O2. The summed E-state index contributed by atoms with van der Waals surface area (Å²) in [7, 11) is 0. The van der Waals surface area contributed by atoms with Crippen LogP contribution < -0.4 is 5.32 Å². The molecule has 4 heteroatoms. The molecule has 0 radical (unpaired) electrons. The van der Waals surface area contributed by atoms with Crippen LogP contribution in [0.5, 0.6) is 0 Å². The van der Waals surface area contributed by atoms with Gasteiger partial charge in [-0.15, -0.1) is 0 Å². The van der Waals surface area contributed by atoms with Crippen LogP contribution in [0.4, 0.5) is 0 Å².